The van der Waals surface area contributed by atoms with E-state index in [1.807, 2.05) is 6.92 Å². The number of ether oxygens (including phenoxy) is 2. The van der Waals surface area contributed by atoms with Gasteiger partial charge in [-0.2, -0.15) is 0 Å². The Morgan fingerprint density at radius 3 is 2.35 bits per heavy atom. The zero-order chi connectivity index (χ0) is 19.8. The summed E-state index contributed by atoms with van der Waals surface area (Å²) in [5.74, 6) is 0.622. The van der Waals surface area contributed by atoms with Crippen LogP contribution in [-0.2, 0) is 9.47 Å². The van der Waals surface area contributed by atoms with E-state index in [-0.39, 0.29) is 24.0 Å². The third kappa shape index (κ3) is 7.97. The molecule has 2 radical (unpaired) electrons. The van der Waals surface area contributed by atoms with Gasteiger partial charge >= 0.3 is 0 Å². The molecular weight excluding hydrogens is 327 g/mol. The van der Waals surface area contributed by atoms with Crippen LogP contribution in [0.25, 0.3) is 0 Å². The van der Waals surface area contributed by atoms with Crippen LogP contribution in [0.3, 0.4) is 0 Å². The first kappa shape index (κ1) is 25.4. The SMILES string of the molecule is CCC(CO)OC(=N)[C@]12CNCC1COC2.CCCCCCCC.[B]C. The molecule has 2 saturated heterocycles. The molecule has 6 heteroatoms. The molecule has 152 valence electrons. The molecule has 0 amide bonds. The zero-order valence-electron chi connectivity index (χ0n) is 17.5. The number of hydrogen-bond acceptors (Lipinski definition) is 5. The van der Waals surface area contributed by atoms with Crippen LogP contribution in [0.4, 0.5) is 0 Å². The standard InChI is InChI=1S/C11H20N2O3.C8H18.CH3B/c1-2-9(4-14)16-10(12)11-6-13-3-8(11)5-15-7-11;1-3-5-7-8-6-4-2;1-2/h8-9,12-14H,2-7H2,1H3;3-8H2,1-2H3;1H3/t8?,9?,11-;;/m0../s1. The molecule has 2 aliphatic heterocycles. The Kier molecular flexibility index (Phi) is 15.1. The summed E-state index contributed by atoms with van der Waals surface area (Å²) in [6.45, 7) is 10.8. The molecule has 0 aromatic heterocycles. The molecule has 2 heterocycles. The van der Waals surface area contributed by atoms with Gasteiger partial charge in [0.05, 0.1) is 33.1 Å². The Bertz CT molecular complexity index is 336. The second-order valence-corrected chi connectivity index (χ2v) is 7.07. The molecular formula is C20H41BN2O3. The first-order valence-corrected chi connectivity index (χ1v) is 10.4. The second-order valence-electron chi connectivity index (χ2n) is 7.07. The van der Waals surface area contributed by atoms with Gasteiger partial charge in [0.2, 0.25) is 0 Å². The van der Waals surface area contributed by atoms with Crippen molar-refractivity contribution in [2.75, 3.05) is 32.9 Å². The van der Waals surface area contributed by atoms with Gasteiger partial charge in [0.25, 0.3) is 0 Å². The first-order chi connectivity index (χ1) is 12.6. The van der Waals surface area contributed by atoms with Crippen LogP contribution < -0.4 is 5.32 Å². The summed E-state index contributed by atoms with van der Waals surface area (Å²) in [6.07, 6.45) is 8.94. The van der Waals surface area contributed by atoms with E-state index in [4.69, 9.17) is 20.0 Å². The molecule has 3 atom stereocenters. The van der Waals surface area contributed by atoms with Gasteiger partial charge in [0.1, 0.15) is 6.10 Å². The van der Waals surface area contributed by atoms with Crippen molar-refractivity contribution in [3.8, 4) is 0 Å². The van der Waals surface area contributed by atoms with Gasteiger partial charge in [0, 0.05) is 19.0 Å². The van der Waals surface area contributed by atoms with Gasteiger partial charge in [-0.05, 0) is 6.42 Å². The molecule has 2 fully saturated rings. The van der Waals surface area contributed by atoms with E-state index < -0.39 is 0 Å². The van der Waals surface area contributed by atoms with Crippen molar-refractivity contribution in [2.45, 2.75) is 78.6 Å². The summed E-state index contributed by atoms with van der Waals surface area (Å²) in [7, 11) is 4.50. The predicted octanol–water partition coefficient (Wildman–Crippen LogP) is 3.56. The monoisotopic (exact) mass is 368 g/mol. The van der Waals surface area contributed by atoms with Crippen LogP contribution in [0.2, 0.25) is 6.82 Å². The quantitative estimate of drug-likeness (QED) is 0.252. The van der Waals surface area contributed by atoms with Crippen molar-refractivity contribution in [2.24, 2.45) is 11.3 Å². The molecule has 3 N–H and O–H groups in total. The number of fused-ring (bicyclic) bond motifs is 1. The highest BCUT2D eigenvalue weighted by molar-refractivity contribution is 6.05. The van der Waals surface area contributed by atoms with Crippen LogP contribution in [0.1, 0.15) is 65.7 Å². The largest absolute Gasteiger partial charge is 0.475 e. The van der Waals surface area contributed by atoms with E-state index in [9.17, 15) is 0 Å². The average Bonchev–Trinajstić information content (AvgIpc) is 3.26. The fourth-order valence-corrected chi connectivity index (χ4v) is 3.30. The summed E-state index contributed by atoms with van der Waals surface area (Å²) in [6, 6.07) is 0. The first-order valence-electron chi connectivity index (χ1n) is 10.4. The second kappa shape index (κ2) is 15.5. The molecule has 0 spiro atoms. The highest BCUT2D eigenvalue weighted by atomic mass is 16.5. The number of rotatable bonds is 9. The van der Waals surface area contributed by atoms with Gasteiger partial charge < -0.3 is 19.9 Å². The van der Waals surface area contributed by atoms with Gasteiger partial charge in [-0.1, -0.05) is 66.1 Å². The fourth-order valence-electron chi connectivity index (χ4n) is 3.30. The van der Waals surface area contributed by atoms with Crippen molar-refractivity contribution in [3.05, 3.63) is 0 Å². The Balaban J connectivity index is 0.000000533. The van der Waals surface area contributed by atoms with Crippen LogP contribution >= 0.6 is 0 Å². The summed E-state index contributed by atoms with van der Waals surface area (Å²) in [5.41, 5.74) is -0.289. The van der Waals surface area contributed by atoms with Gasteiger partial charge in [-0.25, -0.2) is 0 Å². The summed E-state index contributed by atoms with van der Waals surface area (Å²) >= 11 is 0. The molecule has 0 aromatic carbocycles. The highest BCUT2D eigenvalue weighted by Gasteiger charge is 2.52. The lowest BCUT2D eigenvalue weighted by molar-refractivity contribution is 0.0803. The van der Waals surface area contributed by atoms with E-state index in [1.54, 1.807) is 0 Å². The molecule has 5 nitrogen and oxygen atoms in total. The van der Waals surface area contributed by atoms with E-state index in [2.05, 4.69) is 27.0 Å². The van der Waals surface area contributed by atoms with Crippen LogP contribution in [0, 0.1) is 16.7 Å². The molecule has 2 rings (SSSR count). The fraction of sp³-hybridized carbons (Fsp3) is 0.950. The Hall–Kier alpha value is -0.585. The van der Waals surface area contributed by atoms with Crippen LogP contribution in [0.15, 0.2) is 0 Å². The molecule has 0 aromatic rings. The molecule has 2 unspecified atom stereocenters. The minimum atomic E-state index is -0.289. The Labute approximate surface area is 162 Å². The Morgan fingerprint density at radius 2 is 1.85 bits per heavy atom. The lowest BCUT2D eigenvalue weighted by atomic mass is 9.81. The lowest BCUT2D eigenvalue weighted by Crippen LogP contribution is -2.41. The minimum absolute atomic E-state index is 0.0338. The maximum Gasteiger partial charge on any atom is 0.191 e. The van der Waals surface area contributed by atoms with Gasteiger partial charge in [-0.3, -0.25) is 5.41 Å². The highest BCUT2D eigenvalue weighted by Crippen LogP contribution is 2.39. The third-order valence-corrected chi connectivity index (χ3v) is 5.14. The van der Waals surface area contributed by atoms with Crippen molar-refractivity contribution in [1.29, 1.82) is 5.41 Å². The Morgan fingerprint density at radius 1 is 1.23 bits per heavy atom. The van der Waals surface area contributed by atoms with E-state index in [0.29, 0.717) is 25.6 Å². The average molecular weight is 368 g/mol. The number of aliphatic hydroxyl groups excluding tert-OH is 1. The maximum absolute atomic E-state index is 9.09. The van der Waals surface area contributed by atoms with Crippen molar-refractivity contribution in [3.63, 3.8) is 0 Å². The van der Waals surface area contributed by atoms with Crippen LogP contribution in [-0.4, -0.2) is 57.9 Å². The number of hydrogen-bond donors (Lipinski definition) is 3. The number of unbranched alkanes of at least 4 members (excludes halogenated alkanes) is 5. The maximum atomic E-state index is 9.09. The van der Waals surface area contributed by atoms with E-state index >= 15 is 0 Å². The van der Waals surface area contributed by atoms with Gasteiger partial charge in [-0.15, -0.1) is 0 Å². The van der Waals surface area contributed by atoms with E-state index in [0.717, 1.165) is 13.1 Å². The third-order valence-electron chi connectivity index (χ3n) is 5.14. The van der Waals surface area contributed by atoms with E-state index in [1.165, 1.54) is 45.3 Å². The predicted molar refractivity (Wildman–Crippen MR) is 110 cm³/mol. The molecule has 0 saturated carbocycles. The normalized spacial score (nSPS) is 24.6. The number of aliphatic hydroxyl groups is 1. The smallest absolute Gasteiger partial charge is 0.191 e. The summed E-state index contributed by atoms with van der Waals surface area (Å²) in [4.78, 5) is 0. The van der Waals surface area contributed by atoms with Crippen molar-refractivity contribution in [1.82, 2.24) is 5.32 Å². The van der Waals surface area contributed by atoms with Crippen molar-refractivity contribution < 1.29 is 14.6 Å². The molecule has 0 bridgehead atoms. The van der Waals surface area contributed by atoms with Crippen LogP contribution in [0.5, 0.6) is 0 Å². The summed E-state index contributed by atoms with van der Waals surface area (Å²) < 4.78 is 11.0. The molecule has 26 heavy (non-hydrogen) atoms. The van der Waals surface area contributed by atoms with Gasteiger partial charge in [0.15, 0.2) is 5.90 Å². The summed E-state index contributed by atoms with van der Waals surface area (Å²) in [5, 5.41) is 20.5. The van der Waals surface area contributed by atoms with Crippen molar-refractivity contribution >= 4 is 13.7 Å². The molecule has 0 aliphatic carbocycles. The lowest BCUT2D eigenvalue weighted by Gasteiger charge is -2.29. The topological polar surface area (TPSA) is 74.6 Å². The number of nitrogens with one attached hydrogen (secondary N) is 2. The minimum Gasteiger partial charge on any atom is -0.475 e. The zero-order valence-corrected chi connectivity index (χ0v) is 17.5. The molecule has 2 aliphatic rings.